The second kappa shape index (κ2) is 6.26. The zero-order valence-corrected chi connectivity index (χ0v) is 14.9. The van der Waals surface area contributed by atoms with E-state index in [1.807, 2.05) is 54.4 Å². The van der Waals surface area contributed by atoms with Gasteiger partial charge in [-0.1, -0.05) is 58.5 Å². The van der Waals surface area contributed by atoms with E-state index in [4.69, 9.17) is 18.0 Å². The van der Waals surface area contributed by atoms with Gasteiger partial charge >= 0.3 is 0 Å². The van der Waals surface area contributed by atoms with E-state index in [0.717, 1.165) is 10.0 Å². The molecule has 0 bridgehead atoms. The minimum Gasteiger partial charge on any atom is -0.396 e. The number of halogens is 1. The maximum Gasteiger partial charge on any atom is 0.193 e. The summed E-state index contributed by atoms with van der Waals surface area (Å²) in [5.74, 6) is -0.0875. The fourth-order valence-corrected chi connectivity index (χ4v) is 3.27. The number of benzene rings is 2. The third-order valence-corrected chi connectivity index (χ3v) is 5.00. The second-order valence-electron chi connectivity index (χ2n) is 5.39. The van der Waals surface area contributed by atoms with Gasteiger partial charge in [0.1, 0.15) is 4.99 Å². The maximum atomic E-state index is 13.0. The molecular formula is C18H15BrN2OS. The van der Waals surface area contributed by atoms with E-state index in [1.54, 1.807) is 12.1 Å². The molecule has 0 saturated carbocycles. The molecule has 23 heavy (non-hydrogen) atoms. The molecule has 0 fully saturated rings. The average Bonchev–Trinajstić information content (AvgIpc) is 2.80. The Labute approximate surface area is 148 Å². The largest absolute Gasteiger partial charge is 0.396 e. The number of nitrogens with zero attached hydrogens (tertiary/aromatic N) is 1. The van der Waals surface area contributed by atoms with Crippen LogP contribution < -0.4 is 5.73 Å². The lowest BCUT2D eigenvalue weighted by atomic mass is 9.93. The molecule has 1 heterocycles. The summed E-state index contributed by atoms with van der Waals surface area (Å²) in [4.78, 5) is 15.4. The first kappa shape index (κ1) is 15.9. The van der Waals surface area contributed by atoms with Crippen LogP contribution in [0.5, 0.6) is 0 Å². The molecule has 2 aromatic rings. The molecule has 3 rings (SSSR count). The summed E-state index contributed by atoms with van der Waals surface area (Å²) in [6, 6.07) is 16.8. The topological polar surface area (TPSA) is 46.3 Å². The number of rotatable bonds is 3. The van der Waals surface area contributed by atoms with Crippen molar-refractivity contribution in [2.75, 3.05) is 7.05 Å². The number of hydrogen-bond donors (Lipinski definition) is 1. The third-order valence-electron chi connectivity index (χ3n) is 3.97. The number of Topliss-reactive ketones (excluding diaryl/α,β-unsaturated/α-hetero) is 1. The highest BCUT2D eigenvalue weighted by molar-refractivity contribution is 9.10. The lowest BCUT2D eigenvalue weighted by molar-refractivity contribution is 0.102. The lowest BCUT2D eigenvalue weighted by Gasteiger charge is -2.24. The SMILES string of the molecule is CN1C(=S)C(N)=C(C(=O)c2ccc(Br)cc2)C1c1ccccc1. The zero-order valence-electron chi connectivity index (χ0n) is 12.5. The van der Waals surface area contributed by atoms with Crippen LogP contribution in [0.15, 0.2) is 70.3 Å². The first-order valence-electron chi connectivity index (χ1n) is 7.12. The summed E-state index contributed by atoms with van der Waals surface area (Å²) >= 11 is 8.77. The summed E-state index contributed by atoms with van der Waals surface area (Å²) in [6.07, 6.45) is 0. The van der Waals surface area contributed by atoms with Crippen LogP contribution in [0.25, 0.3) is 0 Å². The van der Waals surface area contributed by atoms with E-state index >= 15 is 0 Å². The van der Waals surface area contributed by atoms with E-state index in [-0.39, 0.29) is 11.8 Å². The number of carbonyl (C=O) groups excluding carboxylic acids is 1. The summed E-state index contributed by atoms with van der Waals surface area (Å²) in [5, 5.41) is 0. The van der Waals surface area contributed by atoms with E-state index in [2.05, 4.69) is 15.9 Å². The predicted octanol–water partition coefficient (Wildman–Crippen LogP) is 3.86. The quantitative estimate of drug-likeness (QED) is 0.642. The Hall–Kier alpha value is -1.98. The summed E-state index contributed by atoms with van der Waals surface area (Å²) < 4.78 is 0.926. The fourth-order valence-electron chi connectivity index (χ4n) is 2.79. The van der Waals surface area contributed by atoms with Gasteiger partial charge in [0.15, 0.2) is 5.78 Å². The van der Waals surface area contributed by atoms with Crippen LogP contribution >= 0.6 is 28.1 Å². The Bertz CT molecular complexity index is 800. The molecule has 1 aliphatic rings. The van der Waals surface area contributed by atoms with Gasteiger partial charge in [-0.3, -0.25) is 4.79 Å². The van der Waals surface area contributed by atoms with Gasteiger partial charge in [-0.2, -0.15) is 0 Å². The Morgan fingerprint density at radius 2 is 1.74 bits per heavy atom. The summed E-state index contributed by atoms with van der Waals surface area (Å²) in [5.41, 5.74) is 8.72. The van der Waals surface area contributed by atoms with Gasteiger partial charge in [-0.05, 0) is 29.8 Å². The zero-order chi connectivity index (χ0) is 16.6. The van der Waals surface area contributed by atoms with Crippen LogP contribution in [-0.2, 0) is 0 Å². The number of carbonyl (C=O) groups is 1. The Morgan fingerprint density at radius 3 is 2.35 bits per heavy atom. The van der Waals surface area contributed by atoms with E-state index in [1.165, 1.54) is 0 Å². The van der Waals surface area contributed by atoms with Crippen molar-refractivity contribution in [3.05, 3.63) is 81.5 Å². The van der Waals surface area contributed by atoms with Crippen molar-refractivity contribution in [1.29, 1.82) is 0 Å². The van der Waals surface area contributed by atoms with Crippen molar-refractivity contribution in [3.63, 3.8) is 0 Å². The van der Waals surface area contributed by atoms with Crippen molar-refractivity contribution < 1.29 is 4.79 Å². The summed E-state index contributed by atoms with van der Waals surface area (Å²) in [6.45, 7) is 0. The van der Waals surface area contributed by atoms with Crippen LogP contribution in [-0.4, -0.2) is 22.7 Å². The molecule has 2 N–H and O–H groups in total. The summed E-state index contributed by atoms with van der Waals surface area (Å²) in [7, 11) is 1.87. The molecule has 0 aliphatic carbocycles. The molecule has 0 saturated heterocycles. The van der Waals surface area contributed by atoms with E-state index in [0.29, 0.717) is 21.8 Å². The van der Waals surface area contributed by atoms with Gasteiger partial charge in [-0.15, -0.1) is 0 Å². The molecule has 0 radical (unpaired) electrons. The van der Waals surface area contributed by atoms with Gasteiger partial charge in [0.25, 0.3) is 0 Å². The molecule has 1 aliphatic heterocycles. The number of hydrogen-bond acceptors (Lipinski definition) is 3. The Balaban J connectivity index is 2.08. The highest BCUT2D eigenvalue weighted by Gasteiger charge is 2.37. The molecule has 3 nitrogen and oxygen atoms in total. The number of thiocarbonyl (C=S) groups is 1. The smallest absolute Gasteiger partial charge is 0.193 e. The van der Waals surface area contributed by atoms with E-state index in [9.17, 15) is 4.79 Å². The van der Waals surface area contributed by atoms with Gasteiger partial charge in [0.05, 0.1) is 17.3 Å². The molecule has 1 atom stereocenters. The van der Waals surface area contributed by atoms with Crippen molar-refractivity contribution in [2.24, 2.45) is 5.73 Å². The Morgan fingerprint density at radius 1 is 1.13 bits per heavy atom. The maximum absolute atomic E-state index is 13.0. The van der Waals surface area contributed by atoms with Crippen LogP contribution in [0.1, 0.15) is 22.0 Å². The molecule has 2 aromatic carbocycles. The molecule has 1 unspecified atom stereocenters. The molecule has 0 amide bonds. The van der Waals surface area contributed by atoms with Gasteiger partial charge in [-0.25, -0.2) is 0 Å². The number of nitrogens with two attached hydrogens (primary N) is 1. The highest BCUT2D eigenvalue weighted by Crippen LogP contribution is 2.37. The van der Waals surface area contributed by atoms with Crippen LogP contribution in [0.4, 0.5) is 0 Å². The first-order chi connectivity index (χ1) is 11.0. The highest BCUT2D eigenvalue weighted by atomic mass is 79.9. The van der Waals surface area contributed by atoms with Crippen molar-refractivity contribution in [1.82, 2.24) is 4.90 Å². The first-order valence-corrected chi connectivity index (χ1v) is 8.33. The number of likely N-dealkylation sites (N-methyl/N-ethyl adjacent to an activating group) is 1. The molecular weight excluding hydrogens is 372 g/mol. The lowest BCUT2D eigenvalue weighted by Crippen LogP contribution is -2.26. The molecule has 5 heteroatoms. The third kappa shape index (κ3) is 2.82. The molecule has 0 aromatic heterocycles. The van der Waals surface area contributed by atoms with Gasteiger partial charge in [0.2, 0.25) is 0 Å². The minimum atomic E-state index is -0.250. The predicted molar refractivity (Wildman–Crippen MR) is 99.2 cm³/mol. The monoisotopic (exact) mass is 386 g/mol. The van der Waals surface area contributed by atoms with Crippen LogP contribution in [0.3, 0.4) is 0 Å². The Kier molecular flexibility index (Phi) is 4.33. The van der Waals surface area contributed by atoms with Crippen LogP contribution in [0, 0.1) is 0 Å². The van der Waals surface area contributed by atoms with Crippen LogP contribution in [0.2, 0.25) is 0 Å². The standard InChI is InChI=1S/C18H15BrN2OS/c1-21-16(11-5-3-2-4-6-11)14(15(20)18(21)23)17(22)12-7-9-13(19)10-8-12/h2-10,16H,20H2,1H3. The number of ketones is 1. The van der Waals surface area contributed by atoms with E-state index < -0.39 is 0 Å². The average molecular weight is 387 g/mol. The van der Waals surface area contributed by atoms with Crippen molar-refractivity contribution >= 4 is 38.9 Å². The molecule has 0 spiro atoms. The second-order valence-corrected chi connectivity index (χ2v) is 6.70. The normalized spacial score (nSPS) is 17.7. The molecule has 116 valence electrons. The minimum absolute atomic E-state index is 0.0875. The fraction of sp³-hybridized carbons (Fsp3) is 0.111. The van der Waals surface area contributed by atoms with Crippen molar-refractivity contribution in [2.45, 2.75) is 6.04 Å². The van der Waals surface area contributed by atoms with Crippen molar-refractivity contribution in [3.8, 4) is 0 Å². The van der Waals surface area contributed by atoms with Gasteiger partial charge in [0, 0.05) is 17.1 Å². The van der Waals surface area contributed by atoms with Gasteiger partial charge < -0.3 is 10.6 Å².